The van der Waals surface area contributed by atoms with E-state index in [4.69, 9.17) is 0 Å². The molecular formula is C13H19FO2. The molecule has 0 aromatic rings. The van der Waals surface area contributed by atoms with Crippen LogP contribution in [0.1, 0.15) is 33.6 Å². The van der Waals surface area contributed by atoms with E-state index in [1.165, 1.54) is 0 Å². The monoisotopic (exact) mass is 226 g/mol. The third-order valence-electron chi connectivity index (χ3n) is 4.11. The summed E-state index contributed by atoms with van der Waals surface area (Å²) in [5, 5.41) is 9.33. The summed E-state index contributed by atoms with van der Waals surface area (Å²) in [6, 6.07) is 0. The minimum atomic E-state index is -0.765. The summed E-state index contributed by atoms with van der Waals surface area (Å²) >= 11 is 0. The molecule has 2 nitrogen and oxygen atoms in total. The molecular weight excluding hydrogens is 207 g/mol. The van der Waals surface area contributed by atoms with Crippen LogP contribution < -0.4 is 0 Å². The molecule has 90 valence electrons. The fourth-order valence-electron chi connectivity index (χ4n) is 3.55. The molecule has 1 saturated carbocycles. The third-order valence-corrected chi connectivity index (χ3v) is 4.11. The van der Waals surface area contributed by atoms with Gasteiger partial charge in [0, 0.05) is 5.92 Å². The maximum absolute atomic E-state index is 13.8. The largest absolute Gasteiger partial charge is 0.481 e. The van der Waals surface area contributed by atoms with Gasteiger partial charge in [-0.25, -0.2) is 4.39 Å². The Labute approximate surface area is 95.5 Å². The van der Waals surface area contributed by atoms with Crippen molar-refractivity contribution in [3.63, 3.8) is 0 Å². The zero-order valence-electron chi connectivity index (χ0n) is 10.0. The first-order valence-corrected chi connectivity index (χ1v) is 5.92. The first kappa shape index (κ1) is 11.6. The van der Waals surface area contributed by atoms with Crippen LogP contribution in [0, 0.1) is 29.1 Å². The van der Waals surface area contributed by atoms with Crippen LogP contribution in [0.2, 0.25) is 0 Å². The molecule has 3 rings (SSSR count). The van der Waals surface area contributed by atoms with Crippen molar-refractivity contribution in [2.45, 2.75) is 33.6 Å². The molecule has 1 fully saturated rings. The zero-order valence-corrected chi connectivity index (χ0v) is 10.0. The van der Waals surface area contributed by atoms with E-state index in [0.29, 0.717) is 0 Å². The summed E-state index contributed by atoms with van der Waals surface area (Å²) in [5.74, 6) is -1.60. The Bertz CT molecular complexity index is 340. The Hall–Kier alpha value is -0.860. The quantitative estimate of drug-likeness (QED) is 0.745. The third kappa shape index (κ3) is 1.66. The van der Waals surface area contributed by atoms with E-state index < -0.39 is 11.9 Å². The number of hydrogen-bond donors (Lipinski definition) is 1. The number of carboxylic acids is 1. The van der Waals surface area contributed by atoms with Gasteiger partial charge in [-0.2, -0.15) is 0 Å². The van der Waals surface area contributed by atoms with E-state index in [1.807, 2.05) is 20.8 Å². The lowest BCUT2D eigenvalue weighted by Crippen LogP contribution is -2.48. The van der Waals surface area contributed by atoms with Gasteiger partial charge in [0.25, 0.3) is 0 Å². The predicted molar refractivity (Wildman–Crippen MR) is 59.5 cm³/mol. The molecule has 0 spiro atoms. The summed E-state index contributed by atoms with van der Waals surface area (Å²) in [4.78, 5) is 11.4. The number of carboxylic acid groups (broad SMARTS) is 1. The van der Waals surface area contributed by atoms with Crippen LogP contribution in [0.3, 0.4) is 0 Å². The molecule has 0 radical (unpaired) electrons. The van der Waals surface area contributed by atoms with Crippen molar-refractivity contribution in [1.29, 1.82) is 0 Å². The van der Waals surface area contributed by atoms with Gasteiger partial charge in [0.1, 0.15) is 0 Å². The van der Waals surface area contributed by atoms with Gasteiger partial charge in [0.05, 0.1) is 11.7 Å². The molecule has 0 heterocycles. The standard InChI is InChI=1S/C13H19FO2/c1-13(2,3)11-8-5-4-7(6-9(8)14)10(11)12(15)16/h6-8,10-11H,4-5H2,1-3H3,(H,15,16). The number of rotatable bonds is 1. The van der Waals surface area contributed by atoms with Crippen molar-refractivity contribution >= 4 is 5.97 Å². The van der Waals surface area contributed by atoms with Gasteiger partial charge in [0.15, 0.2) is 0 Å². The first-order valence-electron chi connectivity index (χ1n) is 5.92. The number of halogens is 1. The van der Waals surface area contributed by atoms with Crippen LogP contribution >= 0.6 is 0 Å². The molecule has 3 aliphatic rings. The normalized spacial score (nSPS) is 38.4. The van der Waals surface area contributed by atoms with Crippen LogP contribution in [-0.4, -0.2) is 11.1 Å². The maximum atomic E-state index is 13.8. The molecule has 0 saturated heterocycles. The summed E-state index contributed by atoms with van der Waals surface area (Å²) in [7, 11) is 0. The molecule has 3 heteroatoms. The second-order valence-electron chi connectivity index (χ2n) is 6.16. The summed E-state index contributed by atoms with van der Waals surface area (Å²) in [5.41, 5.74) is -0.155. The highest BCUT2D eigenvalue weighted by atomic mass is 19.1. The van der Waals surface area contributed by atoms with E-state index >= 15 is 0 Å². The summed E-state index contributed by atoms with van der Waals surface area (Å²) < 4.78 is 13.8. The Morgan fingerprint density at radius 2 is 2.06 bits per heavy atom. The maximum Gasteiger partial charge on any atom is 0.307 e. The lowest BCUT2D eigenvalue weighted by Gasteiger charge is -2.49. The highest BCUT2D eigenvalue weighted by Gasteiger charge is 2.52. The van der Waals surface area contributed by atoms with Crippen molar-refractivity contribution in [1.82, 2.24) is 0 Å². The molecule has 0 aromatic carbocycles. The molecule has 0 aromatic heterocycles. The number of aliphatic carboxylic acids is 1. The lowest BCUT2D eigenvalue weighted by molar-refractivity contribution is -0.152. The number of fused-ring (bicyclic) bond motifs is 2. The van der Waals surface area contributed by atoms with Crippen LogP contribution in [0.5, 0.6) is 0 Å². The fraction of sp³-hybridized carbons (Fsp3) is 0.769. The molecule has 4 atom stereocenters. The molecule has 4 unspecified atom stereocenters. The minimum Gasteiger partial charge on any atom is -0.481 e. The molecule has 2 bridgehead atoms. The second-order valence-corrected chi connectivity index (χ2v) is 6.16. The van der Waals surface area contributed by atoms with Gasteiger partial charge < -0.3 is 5.11 Å². The number of allylic oxidation sites excluding steroid dienone is 2. The molecule has 16 heavy (non-hydrogen) atoms. The number of hydrogen-bond acceptors (Lipinski definition) is 1. The Morgan fingerprint density at radius 3 is 2.50 bits per heavy atom. The SMILES string of the molecule is CC(C)(C)C1C2CCC(C=C2F)C1C(=O)O. The highest BCUT2D eigenvalue weighted by molar-refractivity contribution is 5.72. The predicted octanol–water partition coefficient (Wildman–Crippen LogP) is 3.24. The highest BCUT2D eigenvalue weighted by Crippen LogP contribution is 2.54. The lowest BCUT2D eigenvalue weighted by atomic mass is 9.54. The van der Waals surface area contributed by atoms with E-state index in [9.17, 15) is 14.3 Å². The van der Waals surface area contributed by atoms with Crippen LogP contribution in [0.4, 0.5) is 4.39 Å². The van der Waals surface area contributed by atoms with Gasteiger partial charge in [-0.3, -0.25) is 4.79 Å². The van der Waals surface area contributed by atoms with Gasteiger partial charge in [-0.05, 0) is 36.2 Å². The van der Waals surface area contributed by atoms with E-state index in [2.05, 4.69) is 0 Å². The summed E-state index contributed by atoms with van der Waals surface area (Å²) in [6.07, 6.45) is 3.18. The van der Waals surface area contributed by atoms with Crippen molar-refractivity contribution < 1.29 is 14.3 Å². The van der Waals surface area contributed by atoms with Gasteiger partial charge in [0.2, 0.25) is 0 Å². The Morgan fingerprint density at radius 1 is 1.44 bits per heavy atom. The minimum absolute atomic E-state index is 0.0752. The van der Waals surface area contributed by atoms with Gasteiger partial charge in [-0.15, -0.1) is 0 Å². The van der Waals surface area contributed by atoms with Crippen LogP contribution in [0.25, 0.3) is 0 Å². The molecule has 1 N–H and O–H groups in total. The van der Waals surface area contributed by atoms with Gasteiger partial charge >= 0.3 is 5.97 Å². The van der Waals surface area contributed by atoms with Crippen molar-refractivity contribution in [2.75, 3.05) is 0 Å². The van der Waals surface area contributed by atoms with E-state index in [1.54, 1.807) is 6.08 Å². The topological polar surface area (TPSA) is 37.3 Å². The zero-order chi connectivity index (χ0) is 12.1. The smallest absolute Gasteiger partial charge is 0.307 e. The molecule has 3 aliphatic carbocycles. The van der Waals surface area contributed by atoms with Gasteiger partial charge in [-0.1, -0.05) is 20.8 Å². The number of carbonyl (C=O) groups is 1. The van der Waals surface area contributed by atoms with Crippen molar-refractivity contribution in [2.24, 2.45) is 29.1 Å². The van der Waals surface area contributed by atoms with Crippen LogP contribution in [-0.2, 0) is 4.79 Å². The molecule has 0 aliphatic heterocycles. The Kier molecular flexibility index (Phi) is 2.59. The van der Waals surface area contributed by atoms with Crippen molar-refractivity contribution in [3.05, 3.63) is 11.9 Å². The molecule has 0 amide bonds. The van der Waals surface area contributed by atoms with E-state index in [-0.39, 0.29) is 29.0 Å². The average Bonchev–Trinajstić information content (AvgIpc) is 2.15. The fourth-order valence-corrected chi connectivity index (χ4v) is 3.55. The first-order chi connectivity index (χ1) is 7.32. The van der Waals surface area contributed by atoms with Crippen molar-refractivity contribution in [3.8, 4) is 0 Å². The summed E-state index contributed by atoms with van der Waals surface area (Å²) in [6.45, 7) is 6.05. The second kappa shape index (κ2) is 3.57. The van der Waals surface area contributed by atoms with E-state index in [0.717, 1.165) is 12.8 Å². The van der Waals surface area contributed by atoms with Crippen LogP contribution in [0.15, 0.2) is 11.9 Å². The average molecular weight is 226 g/mol. The Balaban J connectivity index is 2.41.